The van der Waals surface area contributed by atoms with Gasteiger partial charge in [-0.15, -0.1) is 11.3 Å². The SMILES string of the molecule is CCOc1ccc(C(=O)NC(=S)Nc2ccc(NC(=O)c3cccs3)c(OC)c2)cc1Br. The number of methoxy groups -OCH3 is 1. The second kappa shape index (κ2) is 11.1. The van der Waals surface area contributed by atoms with Gasteiger partial charge >= 0.3 is 0 Å². The first-order valence-corrected chi connectivity index (χ1v) is 11.6. The number of amides is 2. The van der Waals surface area contributed by atoms with Gasteiger partial charge in [0.25, 0.3) is 11.8 Å². The van der Waals surface area contributed by atoms with Crippen LogP contribution in [0.2, 0.25) is 0 Å². The summed E-state index contributed by atoms with van der Waals surface area (Å²) in [5, 5.41) is 10.4. The van der Waals surface area contributed by atoms with E-state index in [0.717, 1.165) is 0 Å². The number of hydrogen-bond acceptors (Lipinski definition) is 6. The Hall–Kier alpha value is -2.95. The summed E-state index contributed by atoms with van der Waals surface area (Å²) in [6.07, 6.45) is 0. The number of anilines is 2. The Morgan fingerprint density at radius 1 is 1.06 bits per heavy atom. The molecule has 0 radical (unpaired) electrons. The van der Waals surface area contributed by atoms with Gasteiger partial charge in [0.15, 0.2) is 5.11 Å². The van der Waals surface area contributed by atoms with Gasteiger partial charge in [-0.25, -0.2) is 0 Å². The average molecular weight is 534 g/mol. The van der Waals surface area contributed by atoms with Crippen molar-refractivity contribution in [3.05, 3.63) is 68.8 Å². The molecule has 32 heavy (non-hydrogen) atoms. The molecule has 10 heteroatoms. The zero-order valence-electron chi connectivity index (χ0n) is 17.2. The van der Waals surface area contributed by atoms with Gasteiger partial charge in [0.2, 0.25) is 0 Å². The van der Waals surface area contributed by atoms with Gasteiger partial charge in [-0.05, 0) is 76.8 Å². The molecule has 0 saturated carbocycles. The Bertz CT molecular complexity index is 1140. The summed E-state index contributed by atoms with van der Waals surface area (Å²) in [7, 11) is 1.50. The number of ether oxygens (including phenoxy) is 2. The molecular weight excluding hydrogens is 514 g/mol. The molecule has 3 rings (SSSR count). The van der Waals surface area contributed by atoms with E-state index in [0.29, 0.717) is 44.4 Å². The lowest BCUT2D eigenvalue weighted by molar-refractivity contribution is 0.0976. The van der Waals surface area contributed by atoms with Gasteiger partial charge in [-0.1, -0.05) is 6.07 Å². The van der Waals surface area contributed by atoms with Crippen LogP contribution in [0.3, 0.4) is 0 Å². The quantitative estimate of drug-likeness (QED) is 0.357. The molecule has 0 bridgehead atoms. The van der Waals surface area contributed by atoms with E-state index in [1.54, 1.807) is 42.5 Å². The van der Waals surface area contributed by atoms with Crippen molar-refractivity contribution in [2.24, 2.45) is 0 Å². The van der Waals surface area contributed by atoms with Crippen LogP contribution >= 0.6 is 39.5 Å². The minimum Gasteiger partial charge on any atom is -0.494 e. The Balaban J connectivity index is 1.63. The molecule has 3 aromatic rings. The van der Waals surface area contributed by atoms with Crippen LogP contribution < -0.4 is 25.4 Å². The highest BCUT2D eigenvalue weighted by Crippen LogP contribution is 2.29. The van der Waals surface area contributed by atoms with Crippen molar-refractivity contribution in [1.29, 1.82) is 0 Å². The van der Waals surface area contributed by atoms with Crippen molar-refractivity contribution in [1.82, 2.24) is 5.32 Å². The Morgan fingerprint density at radius 2 is 1.88 bits per heavy atom. The summed E-state index contributed by atoms with van der Waals surface area (Å²) >= 11 is 10.0. The number of thiocarbonyl (C=S) groups is 1. The van der Waals surface area contributed by atoms with Crippen molar-refractivity contribution in [2.45, 2.75) is 6.92 Å². The van der Waals surface area contributed by atoms with Crippen molar-refractivity contribution in [3.8, 4) is 11.5 Å². The Kier molecular flexibility index (Phi) is 8.20. The molecule has 0 unspecified atom stereocenters. The number of nitrogens with one attached hydrogen (secondary N) is 3. The third-order valence-corrected chi connectivity index (χ3v) is 5.87. The predicted octanol–water partition coefficient (Wildman–Crippen LogP) is 5.30. The monoisotopic (exact) mass is 533 g/mol. The number of thiophene rings is 1. The van der Waals surface area contributed by atoms with Crippen LogP contribution in [-0.4, -0.2) is 30.6 Å². The number of carbonyl (C=O) groups is 2. The van der Waals surface area contributed by atoms with Gasteiger partial charge in [-0.3, -0.25) is 14.9 Å². The zero-order chi connectivity index (χ0) is 23.1. The lowest BCUT2D eigenvalue weighted by atomic mass is 10.2. The van der Waals surface area contributed by atoms with E-state index in [9.17, 15) is 9.59 Å². The second-order valence-corrected chi connectivity index (χ2v) is 8.54. The molecule has 1 aromatic heterocycles. The molecule has 7 nitrogen and oxygen atoms in total. The summed E-state index contributed by atoms with van der Waals surface area (Å²) in [5.74, 6) is 0.522. The van der Waals surface area contributed by atoms with E-state index in [1.165, 1.54) is 18.4 Å². The van der Waals surface area contributed by atoms with Gasteiger partial charge in [-0.2, -0.15) is 0 Å². The van der Waals surface area contributed by atoms with E-state index >= 15 is 0 Å². The van der Waals surface area contributed by atoms with Crippen molar-refractivity contribution in [3.63, 3.8) is 0 Å². The summed E-state index contributed by atoms with van der Waals surface area (Å²) in [6, 6.07) is 13.7. The van der Waals surface area contributed by atoms with E-state index in [2.05, 4.69) is 31.9 Å². The predicted molar refractivity (Wildman–Crippen MR) is 134 cm³/mol. The van der Waals surface area contributed by atoms with E-state index < -0.39 is 0 Å². The van der Waals surface area contributed by atoms with Crippen molar-refractivity contribution >= 4 is 67.8 Å². The molecule has 2 amide bonds. The van der Waals surface area contributed by atoms with Crippen LogP contribution in [0, 0.1) is 0 Å². The van der Waals surface area contributed by atoms with Gasteiger partial charge in [0, 0.05) is 17.3 Å². The summed E-state index contributed by atoms with van der Waals surface area (Å²) in [5.41, 5.74) is 1.54. The van der Waals surface area contributed by atoms with Crippen LogP contribution in [0.15, 0.2) is 58.4 Å². The van der Waals surface area contributed by atoms with E-state index in [4.69, 9.17) is 21.7 Å². The fourth-order valence-corrected chi connectivity index (χ4v) is 4.04. The molecule has 0 aliphatic rings. The number of carbonyl (C=O) groups excluding carboxylic acids is 2. The molecule has 1 heterocycles. The molecule has 2 aromatic carbocycles. The lowest BCUT2D eigenvalue weighted by Gasteiger charge is -2.14. The van der Waals surface area contributed by atoms with Crippen LogP contribution in [-0.2, 0) is 0 Å². The maximum Gasteiger partial charge on any atom is 0.265 e. The first-order chi connectivity index (χ1) is 15.4. The number of benzene rings is 2. The fraction of sp³-hybridized carbons (Fsp3) is 0.136. The molecule has 0 spiro atoms. The Morgan fingerprint density at radius 3 is 2.53 bits per heavy atom. The topological polar surface area (TPSA) is 88.7 Å². The van der Waals surface area contributed by atoms with E-state index in [1.807, 2.05) is 18.4 Å². The summed E-state index contributed by atoms with van der Waals surface area (Å²) < 4.78 is 11.5. The van der Waals surface area contributed by atoms with Crippen LogP contribution in [0.1, 0.15) is 27.0 Å². The average Bonchev–Trinajstić information content (AvgIpc) is 3.31. The first-order valence-electron chi connectivity index (χ1n) is 9.48. The zero-order valence-corrected chi connectivity index (χ0v) is 20.4. The van der Waals surface area contributed by atoms with Gasteiger partial charge < -0.3 is 20.1 Å². The number of halogens is 1. The van der Waals surface area contributed by atoms with Crippen molar-refractivity contribution in [2.75, 3.05) is 24.4 Å². The second-order valence-electron chi connectivity index (χ2n) is 6.33. The first kappa shape index (κ1) is 23.7. The smallest absolute Gasteiger partial charge is 0.265 e. The summed E-state index contributed by atoms with van der Waals surface area (Å²) in [4.78, 5) is 25.4. The lowest BCUT2D eigenvalue weighted by Crippen LogP contribution is -2.34. The number of hydrogen-bond donors (Lipinski definition) is 3. The third kappa shape index (κ3) is 6.06. The Labute approximate surface area is 203 Å². The molecule has 0 aliphatic carbocycles. The minimum absolute atomic E-state index is 0.123. The van der Waals surface area contributed by atoms with Crippen LogP contribution in [0.25, 0.3) is 0 Å². The van der Waals surface area contributed by atoms with Crippen LogP contribution in [0.4, 0.5) is 11.4 Å². The van der Waals surface area contributed by atoms with Crippen molar-refractivity contribution < 1.29 is 19.1 Å². The van der Waals surface area contributed by atoms with E-state index in [-0.39, 0.29) is 16.9 Å². The molecule has 166 valence electrons. The maximum atomic E-state index is 12.5. The normalized spacial score (nSPS) is 10.2. The molecule has 0 aliphatic heterocycles. The fourth-order valence-electron chi connectivity index (χ4n) is 2.72. The molecule has 3 N–H and O–H groups in total. The molecule has 0 fully saturated rings. The molecular formula is C22H20BrN3O4S2. The minimum atomic E-state index is -0.363. The standard InChI is InChI=1S/C22H20BrN3O4S2/c1-3-30-17-9-6-13(11-15(17)23)20(27)26-22(31)24-14-7-8-16(18(12-14)29-2)25-21(28)19-5-4-10-32-19/h4-12H,3H2,1-2H3,(H,25,28)(H2,24,26,27,31). The highest BCUT2D eigenvalue weighted by atomic mass is 79.9. The molecule has 0 saturated heterocycles. The maximum absolute atomic E-state index is 12.5. The molecule has 0 atom stereocenters. The third-order valence-electron chi connectivity index (χ3n) is 4.17. The summed E-state index contributed by atoms with van der Waals surface area (Å²) in [6.45, 7) is 2.41. The highest BCUT2D eigenvalue weighted by Gasteiger charge is 2.13. The van der Waals surface area contributed by atoms with Crippen LogP contribution in [0.5, 0.6) is 11.5 Å². The van der Waals surface area contributed by atoms with Gasteiger partial charge in [0.05, 0.1) is 28.8 Å². The number of rotatable bonds is 7. The highest BCUT2D eigenvalue weighted by molar-refractivity contribution is 9.10. The largest absolute Gasteiger partial charge is 0.494 e. The van der Waals surface area contributed by atoms with Gasteiger partial charge in [0.1, 0.15) is 11.5 Å².